The molecule has 0 aliphatic rings. The number of benzene rings is 1. The highest BCUT2D eigenvalue weighted by Gasteiger charge is 2.06. The van der Waals surface area contributed by atoms with Gasteiger partial charge in [-0.1, -0.05) is 11.2 Å². The van der Waals surface area contributed by atoms with Crippen molar-refractivity contribution in [3.05, 3.63) is 48.3 Å². The number of aromatic nitrogens is 2. The monoisotopic (exact) mass is 219 g/mol. The molecule has 0 saturated heterocycles. The Bertz CT molecular complexity index is 520. The van der Waals surface area contributed by atoms with Crippen LogP contribution in [0.15, 0.2) is 42.1 Å². The molecule has 5 heteroatoms. The van der Waals surface area contributed by atoms with Crippen LogP contribution < -0.4 is 0 Å². The zero-order valence-electron chi connectivity index (χ0n) is 8.63. The largest absolute Gasteiger partial charge is 0.411 e. The minimum Gasteiger partial charge on any atom is -0.411 e. The summed E-state index contributed by atoms with van der Waals surface area (Å²) >= 11 is 0. The Balaban J connectivity index is 2.45. The van der Waals surface area contributed by atoms with E-state index >= 15 is 0 Å². The molecule has 0 radical (unpaired) electrons. The summed E-state index contributed by atoms with van der Waals surface area (Å²) in [5, 5.41) is 11.6. The van der Waals surface area contributed by atoms with E-state index in [4.69, 9.17) is 5.21 Å². The van der Waals surface area contributed by atoms with E-state index in [9.17, 15) is 4.39 Å². The van der Waals surface area contributed by atoms with Crippen LogP contribution in [0.4, 0.5) is 4.39 Å². The second-order valence-corrected chi connectivity index (χ2v) is 3.32. The van der Waals surface area contributed by atoms with Gasteiger partial charge in [-0.15, -0.1) is 0 Å². The van der Waals surface area contributed by atoms with Crippen molar-refractivity contribution >= 4 is 5.71 Å². The second-order valence-electron chi connectivity index (χ2n) is 3.32. The van der Waals surface area contributed by atoms with Crippen molar-refractivity contribution in [3.63, 3.8) is 0 Å². The number of nitrogens with zero attached hydrogens (tertiary/aromatic N) is 3. The number of rotatable bonds is 2. The Labute approximate surface area is 91.7 Å². The highest BCUT2D eigenvalue weighted by Crippen LogP contribution is 2.15. The fourth-order valence-corrected chi connectivity index (χ4v) is 1.40. The standard InChI is InChI=1S/C11H10FN3O/c1-8(14-16)9-2-3-11(10(12)6-9)15-5-4-13-7-15/h2-7,16H,1H3/b14-8+. The average molecular weight is 219 g/mol. The summed E-state index contributed by atoms with van der Waals surface area (Å²) in [4.78, 5) is 3.85. The van der Waals surface area contributed by atoms with Crippen molar-refractivity contribution in [1.82, 2.24) is 9.55 Å². The Kier molecular flexibility index (Phi) is 2.68. The third-order valence-electron chi connectivity index (χ3n) is 2.30. The van der Waals surface area contributed by atoms with Crippen LogP contribution in [0, 0.1) is 5.82 Å². The molecular weight excluding hydrogens is 209 g/mol. The topological polar surface area (TPSA) is 50.4 Å². The molecule has 1 aromatic carbocycles. The molecule has 0 saturated carbocycles. The lowest BCUT2D eigenvalue weighted by atomic mass is 10.1. The molecule has 0 unspecified atom stereocenters. The highest BCUT2D eigenvalue weighted by molar-refractivity contribution is 5.98. The van der Waals surface area contributed by atoms with E-state index in [1.165, 1.54) is 12.4 Å². The van der Waals surface area contributed by atoms with E-state index < -0.39 is 5.82 Å². The van der Waals surface area contributed by atoms with Gasteiger partial charge in [-0.3, -0.25) is 0 Å². The first-order valence-corrected chi connectivity index (χ1v) is 4.69. The minimum absolute atomic E-state index is 0.371. The number of hydrogen-bond acceptors (Lipinski definition) is 3. The summed E-state index contributed by atoms with van der Waals surface area (Å²) in [6.45, 7) is 1.60. The molecule has 82 valence electrons. The first-order valence-electron chi connectivity index (χ1n) is 4.69. The van der Waals surface area contributed by atoms with Gasteiger partial charge in [-0.2, -0.15) is 0 Å². The van der Waals surface area contributed by atoms with Crippen LogP contribution in [0.25, 0.3) is 5.69 Å². The van der Waals surface area contributed by atoms with Crippen LogP contribution in [0.3, 0.4) is 0 Å². The van der Waals surface area contributed by atoms with Gasteiger partial charge in [0.05, 0.1) is 17.7 Å². The molecule has 2 rings (SSSR count). The van der Waals surface area contributed by atoms with E-state index in [2.05, 4.69) is 10.1 Å². The van der Waals surface area contributed by atoms with E-state index in [0.717, 1.165) is 0 Å². The molecule has 0 spiro atoms. The van der Waals surface area contributed by atoms with E-state index in [1.54, 1.807) is 36.0 Å². The first kappa shape index (κ1) is 10.4. The lowest BCUT2D eigenvalue weighted by Crippen LogP contribution is -1.99. The number of imidazole rings is 1. The SMILES string of the molecule is C/C(=N\O)c1ccc(-n2ccnc2)c(F)c1. The van der Waals surface area contributed by atoms with Crippen molar-refractivity contribution in [2.75, 3.05) is 0 Å². The zero-order chi connectivity index (χ0) is 11.5. The molecular formula is C11H10FN3O. The molecule has 0 fully saturated rings. The van der Waals surface area contributed by atoms with E-state index in [1.807, 2.05) is 0 Å². The van der Waals surface area contributed by atoms with Crippen LogP contribution in [-0.4, -0.2) is 20.5 Å². The molecule has 1 N–H and O–H groups in total. The maximum absolute atomic E-state index is 13.7. The van der Waals surface area contributed by atoms with Crippen molar-refractivity contribution < 1.29 is 9.60 Å². The highest BCUT2D eigenvalue weighted by atomic mass is 19.1. The number of hydrogen-bond donors (Lipinski definition) is 1. The predicted molar refractivity (Wildman–Crippen MR) is 57.5 cm³/mol. The zero-order valence-corrected chi connectivity index (χ0v) is 8.63. The second kappa shape index (κ2) is 4.14. The van der Waals surface area contributed by atoms with Gasteiger partial charge in [-0.05, 0) is 19.1 Å². The third-order valence-corrected chi connectivity index (χ3v) is 2.30. The van der Waals surface area contributed by atoms with Crippen LogP contribution >= 0.6 is 0 Å². The lowest BCUT2D eigenvalue weighted by Gasteiger charge is -2.05. The Hall–Kier alpha value is -2.17. The van der Waals surface area contributed by atoms with Crippen LogP contribution in [0.5, 0.6) is 0 Å². The van der Waals surface area contributed by atoms with Gasteiger partial charge in [0.2, 0.25) is 0 Å². The van der Waals surface area contributed by atoms with Gasteiger partial charge >= 0.3 is 0 Å². The predicted octanol–water partition coefficient (Wildman–Crippen LogP) is 2.21. The van der Waals surface area contributed by atoms with Gasteiger partial charge < -0.3 is 9.77 Å². The molecule has 1 aromatic heterocycles. The van der Waals surface area contributed by atoms with Crippen molar-refractivity contribution in [2.45, 2.75) is 6.92 Å². The lowest BCUT2D eigenvalue weighted by molar-refractivity contribution is 0.319. The minimum atomic E-state index is -0.390. The fraction of sp³-hybridized carbons (Fsp3) is 0.0909. The van der Waals surface area contributed by atoms with Gasteiger partial charge in [0.1, 0.15) is 5.82 Å². The molecule has 1 heterocycles. The first-order chi connectivity index (χ1) is 7.72. The summed E-state index contributed by atoms with van der Waals surface area (Å²) in [5.74, 6) is -0.390. The van der Waals surface area contributed by atoms with Gasteiger partial charge in [-0.25, -0.2) is 9.37 Å². The maximum atomic E-state index is 13.7. The molecule has 0 aliphatic heterocycles. The fourth-order valence-electron chi connectivity index (χ4n) is 1.40. The van der Waals surface area contributed by atoms with Crippen molar-refractivity contribution in [2.24, 2.45) is 5.16 Å². The Morgan fingerprint density at radius 1 is 1.50 bits per heavy atom. The molecule has 2 aromatic rings. The smallest absolute Gasteiger partial charge is 0.147 e. The molecule has 0 aliphatic carbocycles. The third kappa shape index (κ3) is 1.79. The summed E-state index contributed by atoms with van der Waals surface area (Å²) in [6.07, 6.45) is 4.75. The number of oxime groups is 1. The average Bonchev–Trinajstić information content (AvgIpc) is 2.81. The van der Waals surface area contributed by atoms with Crippen LogP contribution in [-0.2, 0) is 0 Å². The normalized spacial score (nSPS) is 11.8. The molecule has 16 heavy (non-hydrogen) atoms. The maximum Gasteiger partial charge on any atom is 0.147 e. The van der Waals surface area contributed by atoms with Gasteiger partial charge in [0.25, 0.3) is 0 Å². The van der Waals surface area contributed by atoms with E-state index in [0.29, 0.717) is 17.0 Å². The van der Waals surface area contributed by atoms with Crippen LogP contribution in [0.2, 0.25) is 0 Å². The molecule has 0 amide bonds. The molecule has 0 atom stereocenters. The Morgan fingerprint density at radius 3 is 2.88 bits per heavy atom. The summed E-state index contributed by atoms with van der Waals surface area (Å²) in [5.41, 5.74) is 1.33. The van der Waals surface area contributed by atoms with Gasteiger partial charge in [0, 0.05) is 18.0 Å². The van der Waals surface area contributed by atoms with Crippen molar-refractivity contribution in [1.29, 1.82) is 0 Å². The van der Waals surface area contributed by atoms with E-state index in [-0.39, 0.29) is 0 Å². The summed E-state index contributed by atoms with van der Waals surface area (Å²) in [6, 6.07) is 4.62. The van der Waals surface area contributed by atoms with Crippen molar-refractivity contribution in [3.8, 4) is 5.69 Å². The summed E-state index contributed by atoms with van der Waals surface area (Å²) < 4.78 is 15.3. The quantitative estimate of drug-likeness (QED) is 0.478. The number of halogens is 1. The summed E-state index contributed by atoms with van der Waals surface area (Å²) in [7, 11) is 0. The molecule has 0 bridgehead atoms. The van der Waals surface area contributed by atoms with Crippen LogP contribution in [0.1, 0.15) is 12.5 Å². The Morgan fingerprint density at radius 2 is 2.31 bits per heavy atom. The molecule has 4 nitrogen and oxygen atoms in total. The van der Waals surface area contributed by atoms with Gasteiger partial charge in [0.15, 0.2) is 0 Å².